The molecule has 9 heteroatoms. The van der Waals surface area contributed by atoms with Crippen LogP contribution in [0, 0.1) is 0 Å². The lowest BCUT2D eigenvalue weighted by molar-refractivity contribution is -0.139. The Kier molecular flexibility index (Phi) is 4.05. The average molecular weight is 312 g/mol. The number of rotatable bonds is 5. The smallest absolute Gasteiger partial charge is 0.305 e. The van der Waals surface area contributed by atoms with E-state index in [1.807, 2.05) is 0 Å². The summed E-state index contributed by atoms with van der Waals surface area (Å²) in [5.74, 6) is -3.89. The Morgan fingerprint density at radius 3 is 2.15 bits per heavy atom. The maximum absolute atomic E-state index is 13.0. The van der Waals surface area contributed by atoms with E-state index in [1.54, 1.807) is 0 Å². The summed E-state index contributed by atoms with van der Waals surface area (Å²) in [6.07, 6.45) is 0.398. The minimum Gasteiger partial charge on any atom is -0.481 e. The summed E-state index contributed by atoms with van der Waals surface area (Å²) in [5, 5.41) is 8.84. The SMILES string of the molecule is O=C(O)CC1(NS(=O)(=O)N2CCC(F)(F)CC2)CCC1. The molecule has 1 aliphatic heterocycles. The fourth-order valence-corrected chi connectivity index (χ4v) is 4.22. The molecule has 2 N–H and O–H groups in total. The molecule has 1 heterocycles. The van der Waals surface area contributed by atoms with Gasteiger partial charge in [-0.1, -0.05) is 0 Å². The maximum Gasteiger partial charge on any atom is 0.305 e. The lowest BCUT2D eigenvalue weighted by Gasteiger charge is -2.43. The van der Waals surface area contributed by atoms with Crippen molar-refractivity contribution in [3.05, 3.63) is 0 Å². The van der Waals surface area contributed by atoms with E-state index in [0.29, 0.717) is 12.8 Å². The van der Waals surface area contributed by atoms with Crippen LogP contribution in [0.1, 0.15) is 38.5 Å². The Balaban J connectivity index is 2.02. The molecule has 2 fully saturated rings. The highest BCUT2D eigenvalue weighted by atomic mass is 32.2. The molecule has 2 aliphatic rings. The molecule has 1 saturated carbocycles. The Hall–Kier alpha value is -0.800. The van der Waals surface area contributed by atoms with Crippen LogP contribution in [-0.2, 0) is 15.0 Å². The van der Waals surface area contributed by atoms with Crippen molar-refractivity contribution in [2.24, 2.45) is 0 Å². The van der Waals surface area contributed by atoms with Crippen LogP contribution in [-0.4, -0.2) is 48.3 Å². The zero-order valence-corrected chi connectivity index (χ0v) is 11.8. The van der Waals surface area contributed by atoms with Crippen LogP contribution in [0.5, 0.6) is 0 Å². The van der Waals surface area contributed by atoms with Gasteiger partial charge in [-0.15, -0.1) is 0 Å². The number of piperidine rings is 1. The number of carboxylic acid groups (broad SMARTS) is 1. The molecular formula is C11H18F2N2O4S. The van der Waals surface area contributed by atoms with Crippen molar-refractivity contribution in [3.63, 3.8) is 0 Å². The van der Waals surface area contributed by atoms with E-state index in [4.69, 9.17) is 5.11 Å². The van der Waals surface area contributed by atoms with E-state index >= 15 is 0 Å². The monoisotopic (exact) mass is 312 g/mol. The van der Waals surface area contributed by atoms with Crippen molar-refractivity contribution in [2.75, 3.05) is 13.1 Å². The van der Waals surface area contributed by atoms with E-state index in [1.165, 1.54) is 0 Å². The first kappa shape index (κ1) is 15.6. The van der Waals surface area contributed by atoms with Crippen LogP contribution >= 0.6 is 0 Å². The van der Waals surface area contributed by atoms with Gasteiger partial charge in [-0.3, -0.25) is 4.79 Å². The van der Waals surface area contributed by atoms with Gasteiger partial charge in [0.05, 0.1) is 6.42 Å². The molecule has 0 radical (unpaired) electrons. The highest BCUT2D eigenvalue weighted by molar-refractivity contribution is 7.87. The number of carboxylic acids is 1. The van der Waals surface area contributed by atoms with Crippen molar-refractivity contribution in [1.82, 2.24) is 9.03 Å². The van der Waals surface area contributed by atoms with Crippen molar-refractivity contribution in [2.45, 2.75) is 50.0 Å². The van der Waals surface area contributed by atoms with Crippen molar-refractivity contribution in [1.29, 1.82) is 0 Å². The average Bonchev–Trinajstić information content (AvgIpc) is 2.24. The van der Waals surface area contributed by atoms with Gasteiger partial charge in [0, 0.05) is 31.5 Å². The van der Waals surface area contributed by atoms with Gasteiger partial charge >= 0.3 is 5.97 Å². The molecule has 0 aromatic carbocycles. The number of hydrogen-bond acceptors (Lipinski definition) is 3. The molecule has 0 amide bonds. The predicted octanol–water partition coefficient (Wildman–Crippen LogP) is 0.949. The molecule has 0 aromatic heterocycles. The van der Waals surface area contributed by atoms with E-state index in [-0.39, 0.29) is 19.5 Å². The zero-order valence-electron chi connectivity index (χ0n) is 10.9. The minimum atomic E-state index is -3.91. The van der Waals surface area contributed by atoms with Gasteiger partial charge in [0.2, 0.25) is 0 Å². The van der Waals surface area contributed by atoms with Gasteiger partial charge in [-0.2, -0.15) is 17.4 Å². The molecule has 1 saturated heterocycles. The standard InChI is InChI=1S/C11H18F2N2O4S/c12-11(13)4-6-15(7-5-11)20(18,19)14-10(2-1-3-10)8-9(16)17/h14H,1-8H2,(H,16,17). The van der Waals surface area contributed by atoms with Gasteiger partial charge < -0.3 is 5.11 Å². The topological polar surface area (TPSA) is 86.7 Å². The first-order valence-electron chi connectivity index (χ1n) is 6.53. The summed E-state index contributed by atoms with van der Waals surface area (Å²) < 4.78 is 53.8. The van der Waals surface area contributed by atoms with Gasteiger partial charge in [-0.25, -0.2) is 8.78 Å². The minimum absolute atomic E-state index is 0.245. The maximum atomic E-state index is 13.0. The van der Waals surface area contributed by atoms with Crippen LogP contribution < -0.4 is 4.72 Å². The van der Waals surface area contributed by atoms with E-state index in [0.717, 1.165) is 10.7 Å². The first-order chi connectivity index (χ1) is 9.14. The van der Waals surface area contributed by atoms with E-state index in [2.05, 4.69) is 4.72 Å². The van der Waals surface area contributed by atoms with Crippen molar-refractivity contribution in [3.8, 4) is 0 Å². The fraction of sp³-hybridized carbons (Fsp3) is 0.909. The third kappa shape index (κ3) is 3.44. The van der Waals surface area contributed by atoms with Gasteiger partial charge in [0.25, 0.3) is 16.1 Å². The number of hydrogen-bond donors (Lipinski definition) is 2. The summed E-state index contributed by atoms with van der Waals surface area (Å²) >= 11 is 0. The summed E-state index contributed by atoms with van der Waals surface area (Å²) in [6.45, 7) is -0.489. The van der Waals surface area contributed by atoms with Gasteiger partial charge in [-0.05, 0) is 19.3 Å². The molecular weight excluding hydrogens is 294 g/mol. The summed E-state index contributed by atoms with van der Waals surface area (Å²) in [7, 11) is -3.91. The second kappa shape index (κ2) is 5.19. The number of alkyl halides is 2. The van der Waals surface area contributed by atoms with Gasteiger partial charge in [0.15, 0.2) is 0 Å². The Morgan fingerprint density at radius 2 is 1.75 bits per heavy atom. The van der Waals surface area contributed by atoms with Crippen molar-refractivity contribution < 1.29 is 27.1 Å². The fourth-order valence-electron chi connectivity index (χ4n) is 2.60. The zero-order chi connectivity index (χ0) is 15.0. The third-order valence-corrected chi connectivity index (χ3v) is 5.68. The Bertz CT molecular complexity index is 481. The number of carbonyl (C=O) groups is 1. The van der Waals surface area contributed by atoms with E-state index < -0.39 is 40.5 Å². The lowest BCUT2D eigenvalue weighted by Crippen LogP contribution is -2.59. The second-order valence-corrected chi connectivity index (χ2v) is 7.24. The highest BCUT2D eigenvalue weighted by Gasteiger charge is 2.45. The molecule has 0 bridgehead atoms. The van der Waals surface area contributed by atoms with Crippen molar-refractivity contribution >= 4 is 16.2 Å². The third-order valence-electron chi connectivity index (χ3n) is 3.94. The Morgan fingerprint density at radius 1 is 1.20 bits per heavy atom. The number of nitrogens with one attached hydrogen (secondary N) is 1. The normalized spacial score (nSPS) is 25.9. The van der Waals surface area contributed by atoms with Crippen LogP contribution in [0.15, 0.2) is 0 Å². The molecule has 0 atom stereocenters. The highest BCUT2D eigenvalue weighted by Crippen LogP contribution is 2.36. The molecule has 0 unspecified atom stereocenters. The van der Waals surface area contributed by atoms with Crippen LogP contribution in [0.3, 0.4) is 0 Å². The molecule has 2 rings (SSSR count). The molecule has 6 nitrogen and oxygen atoms in total. The number of aliphatic carboxylic acids is 1. The molecule has 1 aliphatic carbocycles. The van der Waals surface area contributed by atoms with Gasteiger partial charge in [0.1, 0.15) is 0 Å². The predicted molar refractivity (Wildman–Crippen MR) is 66.6 cm³/mol. The second-order valence-electron chi connectivity index (χ2n) is 5.57. The molecule has 116 valence electrons. The van der Waals surface area contributed by atoms with Crippen LogP contribution in [0.25, 0.3) is 0 Å². The summed E-state index contributed by atoms with van der Waals surface area (Å²) in [6, 6.07) is 0. The van der Waals surface area contributed by atoms with Crippen LogP contribution in [0.2, 0.25) is 0 Å². The summed E-state index contributed by atoms with van der Waals surface area (Å²) in [4.78, 5) is 10.8. The van der Waals surface area contributed by atoms with Crippen LogP contribution in [0.4, 0.5) is 8.78 Å². The molecule has 0 aromatic rings. The number of halogens is 2. The number of nitrogens with zero attached hydrogens (tertiary/aromatic N) is 1. The Labute approximate surface area is 116 Å². The molecule has 0 spiro atoms. The quantitative estimate of drug-likeness (QED) is 0.791. The lowest BCUT2D eigenvalue weighted by atomic mass is 9.75. The summed E-state index contributed by atoms with van der Waals surface area (Å²) in [5.41, 5.74) is -0.954. The molecule has 20 heavy (non-hydrogen) atoms. The first-order valence-corrected chi connectivity index (χ1v) is 7.97. The van der Waals surface area contributed by atoms with E-state index in [9.17, 15) is 22.0 Å². The largest absolute Gasteiger partial charge is 0.481 e.